The molecule has 10 nitrogen and oxygen atoms in total. The van der Waals surface area contributed by atoms with Crippen LogP contribution in [0.3, 0.4) is 0 Å². The number of carbonyl (C=O) groups is 3. The van der Waals surface area contributed by atoms with Crippen LogP contribution in [0.25, 0.3) is 11.0 Å². The first-order valence-corrected chi connectivity index (χ1v) is 15.7. The van der Waals surface area contributed by atoms with E-state index in [9.17, 15) is 19.5 Å². The number of aromatic nitrogens is 3. The maximum Gasteiger partial charge on any atom is 0.248 e. The van der Waals surface area contributed by atoms with E-state index in [1.54, 1.807) is 43.3 Å². The zero-order valence-corrected chi connectivity index (χ0v) is 25.6. The van der Waals surface area contributed by atoms with E-state index in [1.807, 2.05) is 38.1 Å². The van der Waals surface area contributed by atoms with Crippen molar-refractivity contribution in [2.24, 2.45) is 11.8 Å². The Morgan fingerprint density at radius 3 is 2.55 bits per heavy atom. The molecule has 11 heteroatoms. The summed E-state index contributed by atoms with van der Waals surface area (Å²) in [5.74, 6) is -1.68. The van der Waals surface area contributed by atoms with E-state index in [0.29, 0.717) is 25.9 Å². The molecule has 3 saturated heterocycles. The highest BCUT2D eigenvalue weighted by Crippen LogP contribution is 2.72. The van der Waals surface area contributed by atoms with Crippen LogP contribution in [0.2, 0.25) is 0 Å². The first kappa shape index (κ1) is 30.3. The van der Waals surface area contributed by atoms with Crippen molar-refractivity contribution in [2.45, 2.75) is 74.7 Å². The summed E-state index contributed by atoms with van der Waals surface area (Å²) >= 11 is 1.64. The molecule has 42 heavy (non-hydrogen) atoms. The third-order valence-corrected chi connectivity index (χ3v) is 11.3. The molecule has 3 aliphatic heterocycles. The second-order valence-electron chi connectivity index (χ2n) is 11.9. The van der Waals surface area contributed by atoms with Crippen LogP contribution in [0.15, 0.2) is 49.6 Å². The van der Waals surface area contributed by atoms with Gasteiger partial charge in [-0.25, -0.2) is 4.68 Å². The molecule has 6 atom stereocenters. The summed E-state index contributed by atoms with van der Waals surface area (Å²) < 4.78 is 0.435. The number of carbonyl (C=O) groups excluding carboxylic acids is 3. The number of benzene rings is 1. The summed E-state index contributed by atoms with van der Waals surface area (Å²) in [6, 6.07) is 6.19. The van der Waals surface area contributed by atoms with Crippen LogP contribution >= 0.6 is 11.8 Å². The molecule has 4 heterocycles. The Hall–Kier alpha value is -3.18. The number of aliphatic hydroxyl groups excluding tert-OH is 1. The Bertz CT molecular complexity index is 1380. The molecule has 3 aliphatic rings. The highest BCUT2D eigenvalue weighted by molar-refractivity contribution is 8.02. The summed E-state index contributed by atoms with van der Waals surface area (Å²) in [5.41, 5.74) is 1.52. The molecule has 1 aromatic heterocycles. The normalized spacial score (nSPS) is 28.6. The molecule has 5 rings (SSSR count). The van der Waals surface area contributed by atoms with Crippen molar-refractivity contribution in [2.75, 3.05) is 26.2 Å². The fourth-order valence-corrected chi connectivity index (χ4v) is 9.80. The van der Waals surface area contributed by atoms with Gasteiger partial charge in [-0.3, -0.25) is 14.4 Å². The highest BCUT2D eigenvalue weighted by Gasteiger charge is 2.78. The Morgan fingerprint density at radius 2 is 1.88 bits per heavy atom. The number of hydrogen-bond acceptors (Lipinski definition) is 7. The predicted molar refractivity (Wildman–Crippen MR) is 163 cm³/mol. The number of para-hydroxylation sites is 1. The minimum Gasteiger partial charge on any atom is -0.394 e. The van der Waals surface area contributed by atoms with Crippen LogP contribution in [-0.2, 0) is 21.1 Å². The van der Waals surface area contributed by atoms with Crippen molar-refractivity contribution in [1.29, 1.82) is 0 Å². The van der Waals surface area contributed by atoms with Gasteiger partial charge in [-0.15, -0.1) is 30.0 Å². The predicted octanol–water partition coefficient (Wildman–Crippen LogP) is 3.08. The van der Waals surface area contributed by atoms with Crippen molar-refractivity contribution < 1.29 is 19.5 Å². The summed E-state index contributed by atoms with van der Waals surface area (Å²) in [7, 11) is 0. The zero-order chi connectivity index (χ0) is 30.2. The van der Waals surface area contributed by atoms with Crippen LogP contribution in [0, 0.1) is 11.8 Å². The van der Waals surface area contributed by atoms with Crippen molar-refractivity contribution >= 4 is 40.5 Å². The molecular weight excluding hydrogens is 552 g/mol. The number of aliphatic hydroxyl groups is 1. The SMILES string of the molecule is C=CCN(Cn1nnc2ccccc21)C(=O)C1N([C@@H](CC)CO)C(=O)[C@@H]2[C@@H](C(=O)N(CC=C)CCC)[C@@]3(C)CCC12S3. The van der Waals surface area contributed by atoms with Gasteiger partial charge in [-0.1, -0.05) is 43.3 Å². The Balaban J connectivity index is 1.57. The van der Waals surface area contributed by atoms with E-state index < -0.39 is 33.4 Å². The van der Waals surface area contributed by atoms with E-state index in [2.05, 4.69) is 30.4 Å². The highest BCUT2D eigenvalue weighted by atomic mass is 32.2. The van der Waals surface area contributed by atoms with E-state index in [-0.39, 0.29) is 37.5 Å². The minimum atomic E-state index is -0.828. The molecule has 3 amide bonds. The lowest BCUT2D eigenvalue weighted by atomic mass is 9.66. The van der Waals surface area contributed by atoms with Crippen LogP contribution in [0.4, 0.5) is 0 Å². The van der Waals surface area contributed by atoms with Crippen LogP contribution in [0.1, 0.15) is 46.5 Å². The van der Waals surface area contributed by atoms with Crippen LogP contribution in [0.5, 0.6) is 0 Å². The third-order valence-electron chi connectivity index (χ3n) is 9.33. The average Bonchev–Trinajstić information content (AvgIpc) is 3.69. The third kappa shape index (κ3) is 4.65. The van der Waals surface area contributed by atoms with Gasteiger partial charge in [0, 0.05) is 24.4 Å². The number of rotatable bonds is 13. The van der Waals surface area contributed by atoms with Crippen molar-refractivity contribution in [1.82, 2.24) is 29.7 Å². The molecule has 0 radical (unpaired) electrons. The number of thioether (sulfide) groups is 1. The maximum atomic E-state index is 14.8. The first-order valence-electron chi connectivity index (χ1n) is 14.9. The van der Waals surface area contributed by atoms with Gasteiger partial charge in [0.05, 0.1) is 34.7 Å². The topological polar surface area (TPSA) is 112 Å². The Labute approximate surface area is 251 Å². The molecule has 1 aromatic carbocycles. The van der Waals surface area contributed by atoms with Crippen LogP contribution in [-0.4, -0.2) is 100 Å². The fraction of sp³-hybridized carbons (Fsp3) is 0.581. The van der Waals surface area contributed by atoms with Crippen LogP contribution < -0.4 is 0 Å². The van der Waals surface area contributed by atoms with Gasteiger partial charge in [0.1, 0.15) is 18.2 Å². The second-order valence-corrected chi connectivity index (χ2v) is 13.8. The molecule has 226 valence electrons. The fourth-order valence-electron chi connectivity index (χ4n) is 7.47. The smallest absolute Gasteiger partial charge is 0.248 e. The molecular formula is C31H42N6O4S. The largest absolute Gasteiger partial charge is 0.394 e. The maximum absolute atomic E-state index is 14.8. The van der Waals surface area contributed by atoms with E-state index in [0.717, 1.165) is 23.9 Å². The van der Waals surface area contributed by atoms with E-state index in [1.165, 1.54) is 0 Å². The molecule has 2 unspecified atom stereocenters. The lowest BCUT2D eigenvalue weighted by Crippen LogP contribution is -2.57. The zero-order valence-electron chi connectivity index (χ0n) is 24.8. The van der Waals surface area contributed by atoms with E-state index in [4.69, 9.17) is 0 Å². The Morgan fingerprint density at radius 1 is 1.17 bits per heavy atom. The Kier molecular flexibility index (Phi) is 8.53. The quantitative estimate of drug-likeness (QED) is 0.355. The molecule has 1 spiro atoms. The van der Waals surface area contributed by atoms with Gasteiger partial charge in [-0.2, -0.15) is 0 Å². The standard InChI is InChI=1S/C31H42N6O4S/c1-6-16-34(17-7-2)27(39)24-25-28(40)37(21(9-4)19-38)26(31(25)15-14-30(24,5)42-31)29(41)35(18-8-3)20-36-23-13-11-10-12-22(23)32-33-36/h6,8,10-13,21,24-26,38H,1,3,7,9,14-20H2,2,4-5H3/t21-,24-,25-,26?,30+,31?/m0/s1. The van der Waals surface area contributed by atoms with Gasteiger partial charge in [0.25, 0.3) is 0 Å². The van der Waals surface area contributed by atoms with E-state index >= 15 is 0 Å². The molecule has 1 N–H and O–H groups in total. The lowest BCUT2D eigenvalue weighted by Gasteiger charge is -2.39. The molecule has 0 saturated carbocycles. The number of amides is 3. The first-order chi connectivity index (χ1) is 20.2. The molecule has 0 aliphatic carbocycles. The number of nitrogens with zero attached hydrogens (tertiary/aromatic N) is 6. The molecule has 2 bridgehead atoms. The monoisotopic (exact) mass is 594 g/mol. The summed E-state index contributed by atoms with van der Waals surface area (Å²) in [4.78, 5) is 48.5. The van der Waals surface area contributed by atoms with Gasteiger partial charge in [-0.05, 0) is 44.7 Å². The second kappa shape index (κ2) is 11.8. The van der Waals surface area contributed by atoms with Crippen molar-refractivity contribution in [3.63, 3.8) is 0 Å². The van der Waals surface area contributed by atoms with Gasteiger partial charge < -0.3 is 19.8 Å². The minimum absolute atomic E-state index is 0.0474. The number of hydrogen-bond donors (Lipinski definition) is 1. The van der Waals surface area contributed by atoms with Crippen molar-refractivity contribution in [3.8, 4) is 0 Å². The molecule has 3 fully saturated rings. The summed E-state index contributed by atoms with van der Waals surface area (Å²) in [6.07, 6.45) is 6.05. The molecule has 2 aromatic rings. The summed E-state index contributed by atoms with van der Waals surface area (Å²) in [5, 5.41) is 18.9. The summed E-state index contributed by atoms with van der Waals surface area (Å²) in [6.45, 7) is 14.9. The van der Waals surface area contributed by atoms with Gasteiger partial charge in [0.2, 0.25) is 17.7 Å². The number of fused-ring (bicyclic) bond motifs is 2. The lowest BCUT2D eigenvalue weighted by molar-refractivity contribution is -0.148. The van der Waals surface area contributed by atoms with Crippen molar-refractivity contribution in [3.05, 3.63) is 49.6 Å². The average molecular weight is 595 g/mol. The number of likely N-dealkylation sites (tertiary alicyclic amines) is 1. The van der Waals surface area contributed by atoms with Gasteiger partial charge in [0.15, 0.2) is 0 Å². The van der Waals surface area contributed by atoms with Gasteiger partial charge >= 0.3 is 0 Å².